The van der Waals surface area contributed by atoms with E-state index in [1.54, 1.807) is 32.4 Å². The average Bonchev–Trinajstić information content (AvgIpc) is 2.45. The number of rotatable bonds is 9. The third kappa shape index (κ3) is 6.77. The van der Waals surface area contributed by atoms with E-state index in [9.17, 15) is 4.79 Å². The Kier molecular flexibility index (Phi) is 8.07. The molecule has 118 valence electrons. The van der Waals surface area contributed by atoms with E-state index in [1.165, 1.54) is 0 Å². The topological polar surface area (TPSA) is 76.8 Å². The lowest BCUT2D eigenvalue weighted by Crippen LogP contribution is -2.37. The van der Waals surface area contributed by atoms with E-state index >= 15 is 0 Å². The number of carbonyl (C=O) groups excluding carboxylic acids is 1. The van der Waals surface area contributed by atoms with E-state index in [1.807, 2.05) is 4.90 Å². The molecule has 3 N–H and O–H groups in total. The Morgan fingerprint density at radius 3 is 2.43 bits per heavy atom. The lowest BCUT2D eigenvalue weighted by Gasteiger charge is -2.21. The zero-order valence-corrected chi connectivity index (χ0v) is 13.2. The number of nitrogens with two attached hydrogens (primary N) is 1. The average molecular weight is 316 g/mol. The first-order chi connectivity index (χ1) is 10.1. The first kappa shape index (κ1) is 17.7. The van der Waals surface area contributed by atoms with E-state index in [-0.39, 0.29) is 12.5 Å². The molecule has 0 atom stereocenters. The Hall–Kier alpha value is -1.34. The number of amides is 1. The Bertz CT molecular complexity index is 449. The summed E-state index contributed by atoms with van der Waals surface area (Å²) >= 11 is 6.03. The number of nitrogen functional groups attached to an aromatic ring is 1. The molecule has 0 aromatic heterocycles. The number of nitrogens with zero attached hydrogens (tertiary/aromatic N) is 1. The fourth-order valence-electron chi connectivity index (χ4n) is 1.74. The van der Waals surface area contributed by atoms with Crippen LogP contribution in [-0.4, -0.2) is 57.9 Å². The molecule has 0 saturated carbocycles. The number of nitrogens with one attached hydrogen (secondary N) is 1. The quantitative estimate of drug-likeness (QED) is 0.675. The van der Waals surface area contributed by atoms with E-state index < -0.39 is 0 Å². The van der Waals surface area contributed by atoms with Crippen molar-refractivity contribution < 1.29 is 14.3 Å². The lowest BCUT2D eigenvalue weighted by atomic mass is 10.3. The molecule has 1 rings (SSSR count). The minimum Gasteiger partial charge on any atom is -0.399 e. The zero-order valence-electron chi connectivity index (χ0n) is 12.4. The molecule has 0 aliphatic heterocycles. The minimum absolute atomic E-state index is 0.145. The number of hydrogen-bond donors (Lipinski definition) is 2. The van der Waals surface area contributed by atoms with Crippen molar-refractivity contribution in [2.75, 3.05) is 58.1 Å². The van der Waals surface area contributed by atoms with Crippen molar-refractivity contribution in [2.45, 2.75) is 0 Å². The molecule has 1 aromatic rings. The van der Waals surface area contributed by atoms with Gasteiger partial charge in [0.1, 0.15) is 0 Å². The molecule has 1 amide bonds. The molecular weight excluding hydrogens is 294 g/mol. The van der Waals surface area contributed by atoms with Crippen molar-refractivity contribution in [3.05, 3.63) is 23.2 Å². The maximum Gasteiger partial charge on any atom is 0.238 e. The third-order valence-corrected chi connectivity index (χ3v) is 3.17. The molecule has 6 nitrogen and oxygen atoms in total. The van der Waals surface area contributed by atoms with Gasteiger partial charge in [0.05, 0.1) is 30.5 Å². The van der Waals surface area contributed by atoms with Crippen LogP contribution < -0.4 is 11.1 Å². The van der Waals surface area contributed by atoms with Crippen molar-refractivity contribution in [3.8, 4) is 0 Å². The molecule has 0 unspecified atom stereocenters. The molecule has 0 bridgehead atoms. The molecular formula is C14H22ClN3O3. The van der Waals surface area contributed by atoms with Gasteiger partial charge in [0, 0.05) is 33.0 Å². The predicted octanol–water partition coefficient (Wildman–Crippen LogP) is 1.46. The fourth-order valence-corrected chi connectivity index (χ4v) is 1.97. The highest BCUT2D eigenvalue weighted by Crippen LogP contribution is 2.23. The molecule has 0 heterocycles. The second-order valence-corrected chi connectivity index (χ2v) is 4.96. The van der Waals surface area contributed by atoms with E-state index in [2.05, 4.69) is 5.32 Å². The first-order valence-corrected chi connectivity index (χ1v) is 6.99. The van der Waals surface area contributed by atoms with Crippen LogP contribution in [0.5, 0.6) is 0 Å². The molecule has 0 radical (unpaired) electrons. The van der Waals surface area contributed by atoms with Crippen molar-refractivity contribution in [1.29, 1.82) is 0 Å². The van der Waals surface area contributed by atoms with Gasteiger partial charge in [-0.1, -0.05) is 11.6 Å². The van der Waals surface area contributed by atoms with Gasteiger partial charge in [-0.05, 0) is 18.2 Å². The van der Waals surface area contributed by atoms with Gasteiger partial charge in [0.2, 0.25) is 5.91 Å². The van der Waals surface area contributed by atoms with Crippen LogP contribution in [0.4, 0.5) is 11.4 Å². The van der Waals surface area contributed by atoms with Crippen LogP contribution in [0.25, 0.3) is 0 Å². The normalized spacial score (nSPS) is 10.9. The SMILES string of the molecule is COCCN(CCOC)CC(=O)Nc1ccc(N)cc1Cl. The summed E-state index contributed by atoms with van der Waals surface area (Å²) in [5, 5.41) is 3.19. The Balaban J connectivity index is 2.55. The summed E-state index contributed by atoms with van der Waals surface area (Å²) in [6.45, 7) is 2.66. The third-order valence-electron chi connectivity index (χ3n) is 2.86. The van der Waals surface area contributed by atoms with Gasteiger partial charge in [-0.3, -0.25) is 9.69 Å². The minimum atomic E-state index is -0.145. The van der Waals surface area contributed by atoms with Gasteiger partial charge in [-0.2, -0.15) is 0 Å². The second kappa shape index (κ2) is 9.57. The largest absolute Gasteiger partial charge is 0.399 e. The van der Waals surface area contributed by atoms with Crippen molar-refractivity contribution in [3.63, 3.8) is 0 Å². The van der Waals surface area contributed by atoms with Crippen LogP contribution in [0.3, 0.4) is 0 Å². The zero-order chi connectivity index (χ0) is 15.7. The second-order valence-electron chi connectivity index (χ2n) is 4.55. The van der Waals surface area contributed by atoms with Gasteiger partial charge in [-0.25, -0.2) is 0 Å². The molecule has 0 spiro atoms. The molecule has 0 aliphatic carbocycles. The molecule has 0 saturated heterocycles. The van der Waals surface area contributed by atoms with E-state index in [0.29, 0.717) is 42.7 Å². The molecule has 0 fully saturated rings. The molecule has 7 heteroatoms. The summed E-state index contributed by atoms with van der Waals surface area (Å²) in [6, 6.07) is 4.98. The number of halogens is 1. The van der Waals surface area contributed by atoms with Gasteiger partial charge >= 0.3 is 0 Å². The van der Waals surface area contributed by atoms with Crippen LogP contribution in [-0.2, 0) is 14.3 Å². The highest BCUT2D eigenvalue weighted by molar-refractivity contribution is 6.34. The van der Waals surface area contributed by atoms with Gasteiger partial charge in [0.25, 0.3) is 0 Å². The molecule has 1 aromatic carbocycles. The maximum absolute atomic E-state index is 12.1. The Morgan fingerprint density at radius 2 is 1.90 bits per heavy atom. The fraction of sp³-hybridized carbons (Fsp3) is 0.500. The summed E-state index contributed by atoms with van der Waals surface area (Å²) < 4.78 is 10.1. The van der Waals surface area contributed by atoms with E-state index in [0.717, 1.165) is 0 Å². The van der Waals surface area contributed by atoms with Crippen LogP contribution in [0.1, 0.15) is 0 Å². The van der Waals surface area contributed by atoms with Crippen molar-refractivity contribution >= 4 is 28.9 Å². The summed E-state index contributed by atoms with van der Waals surface area (Å²) in [6.07, 6.45) is 0. The summed E-state index contributed by atoms with van der Waals surface area (Å²) in [4.78, 5) is 14.0. The van der Waals surface area contributed by atoms with Gasteiger partial charge in [0.15, 0.2) is 0 Å². The number of hydrogen-bond acceptors (Lipinski definition) is 5. The number of methoxy groups -OCH3 is 2. The summed E-state index contributed by atoms with van der Waals surface area (Å²) in [7, 11) is 3.26. The first-order valence-electron chi connectivity index (χ1n) is 6.62. The number of carbonyl (C=O) groups is 1. The van der Waals surface area contributed by atoms with Gasteiger partial charge in [-0.15, -0.1) is 0 Å². The highest BCUT2D eigenvalue weighted by Gasteiger charge is 2.12. The monoisotopic (exact) mass is 315 g/mol. The van der Waals surface area contributed by atoms with Crippen LogP contribution in [0, 0.1) is 0 Å². The van der Waals surface area contributed by atoms with Crippen molar-refractivity contribution in [1.82, 2.24) is 4.90 Å². The van der Waals surface area contributed by atoms with Gasteiger partial charge < -0.3 is 20.5 Å². The predicted molar refractivity (Wildman–Crippen MR) is 84.7 cm³/mol. The molecule has 0 aliphatic rings. The van der Waals surface area contributed by atoms with Crippen LogP contribution in [0.15, 0.2) is 18.2 Å². The Labute approximate surface area is 130 Å². The van der Waals surface area contributed by atoms with Crippen LogP contribution in [0.2, 0.25) is 5.02 Å². The molecule has 21 heavy (non-hydrogen) atoms. The standard InChI is InChI=1S/C14H22ClN3O3/c1-20-7-5-18(6-8-21-2)10-14(19)17-13-4-3-11(16)9-12(13)15/h3-4,9H,5-8,10,16H2,1-2H3,(H,17,19). The number of ether oxygens (including phenoxy) is 2. The Morgan fingerprint density at radius 1 is 1.29 bits per heavy atom. The lowest BCUT2D eigenvalue weighted by molar-refractivity contribution is -0.117. The van der Waals surface area contributed by atoms with Crippen LogP contribution >= 0.6 is 11.6 Å². The maximum atomic E-state index is 12.1. The highest BCUT2D eigenvalue weighted by atomic mass is 35.5. The van der Waals surface area contributed by atoms with E-state index in [4.69, 9.17) is 26.8 Å². The summed E-state index contributed by atoms with van der Waals surface area (Å²) in [5.41, 5.74) is 6.72. The number of anilines is 2. The number of benzene rings is 1. The van der Waals surface area contributed by atoms with Crippen molar-refractivity contribution in [2.24, 2.45) is 0 Å². The summed E-state index contributed by atoms with van der Waals surface area (Å²) in [5.74, 6) is -0.145. The smallest absolute Gasteiger partial charge is 0.238 e.